The summed E-state index contributed by atoms with van der Waals surface area (Å²) in [6.07, 6.45) is 0.813. The Bertz CT molecular complexity index is 385. The summed E-state index contributed by atoms with van der Waals surface area (Å²) in [5.41, 5.74) is -1.02. The Morgan fingerprint density at radius 1 is 1.75 bits per heavy atom. The van der Waals surface area contributed by atoms with E-state index in [1.807, 2.05) is 6.08 Å². The van der Waals surface area contributed by atoms with Crippen LogP contribution in [-0.4, -0.2) is 41.4 Å². The zero-order valence-corrected chi connectivity index (χ0v) is 10.6. The predicted molar refractivity (Wildman–Crippen MR) is 59.3 cm³/mol. The van der Waals surface area contributed by atoms with Crippen LogP contribution in [0.5, 0.6) is 0 Å². The Hall–Kier alpha value is -0.100. The molecular weight excluding hydrogens is 299 g/mol. The highest BCUT2D eigenvalue weighted by molar-refractivity contribution is 9.11. The average molecular weight is 310 g/mol. The summed E-state index contributed by atoms with van der Waals surface area (Å²) in [7, 11) is 0. The van der Waals surface area contributed by atoms with Gasteiger partial charge in [-0.2, -0.15) is 0 Å². The number of hydrogen-bond acceptors (Lipinski definition) is 4. The lowest BCUT2D eigenvalue weighted by atomic mass is 9.74. The molecule has 3 aliphatic rings. The van der Waals surface area contributed by atoms with Crippen LogP contribution >= 0.6 is 27.5 Å². The van der Waals surface area contributed by atoms with Crippen molar-refractivity contribution in [3.8, 4) is 0 Å². The number of hydrogen-bond donors (Lipinski definition) is 1. The Morgan fingerprint density at radius 3 is 3.19 bits per heavy atom. The molecule has 0 spiro atoms. The number of alkyl halides is 1. The fourth-order valence-electron chi connectivity index (χ4n) is 2.90. The lowest BCUT2D eigenvalue weighted by molar-refractivity contribution is -0.151. The molecule has 88 valence electrons. The first-order chi connectivity index (χ1) is 7.61. The molecule has 1 N–H and O–H groups in total. The summed E-state index contributed by atoms with van der Waals surface area (Å²) < 4.78 is 11.5. The predicted octanol–water partition coefficient (Wildman–Crippen LogP) is 0.805. The van der Waals surface area contributed by atoms with Crippen molar-refractivity contribution < 1.29 is 19.4 Å². The molecule has 3 heterocycles. The van der Waals surface area contributed by atoms with E-state index < -0.39 is 17.6 Å². The molecule has 4 nitrogen and oxygen atoms in total. The summed E-state index contributed by atoms with van der Waals surface area (Å²) in [6, 6.07) is 0. The van der Waals surface area contributed by atoms with Gasteiger partial charge in [0, 0.05) is 10.4 Å². The van der Waals surface area contributed by atoms with Crippen molar-refractivity contribution in [2.45, 2.75) is 17.8 Å². The first-order valence-corrected chi connectivity index (χ1v) is 6.40. The summed E-state index contributed by atoms with van der Waals surface area (Å²) in [5, 5.41) is 10.0. The molecule has 16 heavy (non-hydrogen) atoms. The van der Waals surface area contributed by atoms with E-state index >= 15 is 0 Å². The quantitative estimate of drug-likeness (QED) is 0.606. The number of esters is 1. The maximum absolute atomic E-state index is 11.7. The number of aliphatic hydroxyl groups is 1. The number of cyclic esters (lactones) is 1. The van der Waals surface area contributed by atoms with Gasteiger partial charge in [0.05, 0.1) is 18.6 Å². The Balaban J connectivity index is 2.08. The molecular formula is C10H10BrClO4. The molecule has 0 saturated carbocycles. The summed E-state index contributed by atoms with van der Waals surface area (Å²) in [6.45, 7) is 0.363. The molecule has 5 atom stereocenters. The van der Waals surface area contributed by atoms with Gasteiger partial charge in [-0.15, -0.1) is 11.6 Å². The van der Waals surface area contributed by atoms with Gasteiger partial charge in [-0.05, 0) is 6.08 Å². The molecule has 0 aliphatic carbocycles. The Morgan fingerprint density at radius 2 is 2.50 bits per heavy atom. The third-order valence-electron chi connectivity index (χ3n) is 3.64. The second kappa shape index (κ2) is 3.45. The van der Waals surface area contributed by atoms with Gasteiger partial charge in [-0.1, -0.05) is 15.9 Å². The number of aliphatic hydroxyl groups excluding tert-OH is 1. The average Bonchev–Trinajstić information content (AvgIpc) is 2.88. The van der Waals surface area contributed by atoms with E-state index in [-0.39, 0.29) is 23.9 Å². The van der Waals surface area contributed by atoms with Crippen LogP contribution in [0.25, 0.3) is 0 Å². The number of carbonyl (C=O) groups excluding carboxylic acids is 1. The van der Waals surface area contributed by atoms with Gasteiger partial charge in [0.15, 0.2) is 0 Å². The fraction of sp³-hybridized carbons (Fsp3) is 0.700. The van der Waals surface area contributed by atoms with E-state index in [1.54, 1.807) is 0 Å². The van der Waals surface area contributed by atoms with Crippen LogP contribution in [-0.2, 0) is 14.3 Å². The van der Waals surface area contributed by atoms with Gasteiger partial charge >= 0.3 is 5.97 Å². The second-order valence-corrected chi connectivity index (χ2v) is 5.49. The number of ether oxygens (including phenoxy) is 2. The molecule has 3 rings (SSSR count). The highest BCUT2D eigenvalue weighted by Gasteiger charge is 2.68. The topological polar surface area (TPSA) is 55.8 Å². The van der Waals surface area contributed by atoms with Crippen molar-refractivity contribution in [3.63, 3.8) is 0 Å². The molecule has 3 aliphatic heterocycles. The van der Waals surface area contributed by atoms with Crippen molar-refractivity contribution in [2.75, 3.05) is 12.5 Å². The summed E-state index contributed by atoms with van der Waals surface area (Å²) in [5.74, 6) is -0.717. The van der Waals surface area contributed by atoms with E-state index in [2.05, 4.69) is 15.9 Å². The van der Waals surface area contributed by atoms with Crippen LogP contribution in [0.3, 0.4) is 0 Å². The molecule has 0 aromatic rings. The van der Waals surface area contributed by atoms with Crippen LogP contribution in [0.15, 0.2) is 10.6 Å². The van der Waals surface area contributed by atoms with Gasteiger partial charge in [0.1, 0.15) is 17.6 Å². The van der Waals surface area contributed by atoms with Gasteiger partial charge in [-0.3, -0.25) is 4.79 Å². The minimum atomic E-state index is -1.02. The molecule has 0 radical (unpaired) electrons. The SMILES string of the molecule is O=C1OC[C@H]2[C@@H]3C=C(Br)[C@@]([C@H](O)CCl)(O3)[C@@H]12. The zero-order valence-electron chi connectivity index (χ0n) is 8.23. The first-order valence-electron chi connectivity index (χ1n) is 5.07. The van der Waals surface area contributed by atoms with Crippen LogP contribution in [0.1, 0.15) is 0 Å². The third-order valence-corrected chi connectivity index (χ3v) is 4.82. The summed E-state index contributed by atoms with van der Waals surface area (Å²) in [4.78, 5) is 11.7. The minimum Gasteiger partial charge on any atom is -0.465 e. The van der Waals surface area contributed by atoms with E-state index in [0.29, 0.717) is 11.1 Å². The van der Waals surface area contributed by atoms with Gasteiger partial charge in [-0.25, -0.2) is 0 Å². The Kier molecular flexibility index (Phi) is 2.37. The molecule has 2 fully saturated rings. The second-order valence-electron chi connectivity index (χ2n) is 4.33. The molecule has 2 bridgehead atoms. The normalized spacial score (nSPS) is 46.6. The van der Waals surface area contributed by atoms with E-state index in [0.717, 1.165) is 0 Å². The van der Waals surface area contributed by atoms with Crippen molar-refractivity contribution in [1.29, 1.82) is 0 Å². The third kappa shape index (κ3) is 1.10. The molecule has 2 saturated heterocycles. The fourth-order valence-corrected chi connectivity index (χ4v) is 3.99. The van der Waals surface area contributed by atoms with Gasteiger partial charge in [0.25, 0.3) is 0 Å². The minimum absolute atomic E-state index is 0.00617. The van der Waals surface area contributed by atoms with Crippen molar-refractivity contribution in [2.24, 2.45) is 11.8 Å². The van der Waals surface area contributed by atoms with Gasteiger partial charge < -0.3 is 14.6 Å². The number of carbonyl (C=O) groups is 1. The van der Waals surface area contributed by atoms with Crippen LogP contribution < -0.4 is 0 Å². The monoisotopic (exact) mass is 308 g/mol. The molecule has 0 amide bonds. The standard InChI is InChI=1S/C10H10BrClO4/c11-6-1-5-4-3-15-9(14)8(4)10(6,16-5)7(13)2-12/h1,4-5,7-8,13H,2-3H2/t4-,5-,7+,8+,10-/m0/s1. The summed E-state index contributed by atoms with van der Waals surface area (Å²) >= 11 is 9.06. The van der Waals surface area contributed by atoms with Crippen molar-refractivity contribution in [3.05, 3.63) is 10.6 Å². The first kappa shape index (κ1) is 11.0. The molecule has 0 aromatic carbocycles. The maximum Gasteiger partial charge on any atom is 0.312 e. The smallest absolute Gasteiger partial charge is 0.312 e. The molecule has 0 unspecified atom stereocenters. The van der Waals surface area contributed by atoms with Crippen molar-refractivity contribution in [1.82, 2.24) is 0 Å². The molecule has 6 heteroatoms. The van der Waals surface area contributed by atoms with Crippen LogP contribution in [0.4, 0.5) is 0 Å². The molecule has 0 aromatic heterocycles. The zero-order chi connectivity index (χ0) is 11.5. The highest BCUT2D eigenvalue weighted by Crippen LogP contribution is 2.57. The highest BCUT2D eigenvalue weighted by atomic mass is 79.9. The van der Waals surface area contributed by atoms with Crippen LogP contribution in [0.2, 0.25) is 0 Å². The number of rotatable bonds is 2. The van der Waals surface area contributed by atoms with E-state index in [4.69, 9.17) is 21.1 Å². The number of halogens is 2. The lowest BCUT2D eigenvalue weighted by Gasteiger charge is -2.34. The maximum atomic E-state index is 11.7. The lowest BCUT2D eigenvalue weighted by Crippen LogP contribution is -2.50. The van der Waals surface area contributed by atoms with E-state index in [9.17, 15) is 9.90 Å². The van der Waals surface area contributed by atoms with Gasteiger partial charge in [0.2, 0.25) is 0 Å². The Labute approximate surface area is 106 Å². The van der Waals surface area contributed by atoms with E-state index in [1.165, 1.54) is 0 Å². The van der Waals surface area contributed by atoms with Crippen molar-refractivity contribution >= 4 is 33.5 Å². The number of fused-ring (bicyclic) bond motifs is 5. The largest absolute Gasteiger partial charge is 0.465 e. The van der Waals surface area contributed by atoms with Crippen LogP contribution in [0, 0.1) is 11.8 Å².